The summed E-state index contributed by atoms with van der Waals surface area (Å²) in [4.78, 5) is 85.0. The normalized spacial score (nSPS) is 10.1. The standard InChI is InChI=1S/C12H17N5O.C9H7FN4O2.C7H5FN4O.C4H6O3.2CH4/c1-12(2,3)17-10-9-8(15-11(13)16-10)5-7(18-4)6-14-9;1-4(15)12-9-13-6-2-5(10)3-11-7(6)8(16)14-9;8-3-1-4-5(10-2-3)6(13)12-7(9)11-4;1-3(5)7-4(2)6;;/h5-6H,1-4H3,(H3,13,15,16,17);2-3H,1H3,(H2,12,13,14,15,16);1-2H,(H3,9,11,12,13);1-2H3;2*1H4. The van der Waals surface area contributed by atoms with Crippen LogP contribution in [0.4, 0.5) is 32.4 Å². The van der Waals surface area contributed by atoms with Crippen molar-refractivity contribution in [1.29, 1.82) is 0 Å². The maximum atomic E-state index is 12.9. The van der Waals surface area contributed by atoms with Crippen LogP contribution in [0.15, 0.2) is 46.4 Å². The van der Waals surface area contributed by atoms with Gasteiger partial charge in [-0.1, -0.05) is 14.9 Å². The van der Waals surface area contributed by atoms with E-state index in [4.69, 9.17) is 16.2 Å². The Balaban J connectivity index is 0.000000384. The van der Waals surface area contributed by atoms with Crippen LogP contribution < -0.4 is 38.0 Å². The van der Waals surface area contributed by atoms with E-state index in [1.54, 1.807) is 19.4 Å². The zero-order valence-corrected chi connectivity index (χ0v) is 29.9. The molecule has 0 aliphatic rings. The van der Waals surface area contributed by atoms with Crippen LogP contribution in [0.2, 0.25) is 0 Å². The number of amides is 1. The Labute approximate surface area is 317 Å². The van der Waals surface area contributed by atoms with Crippen molar-refractivity contribution in [2.24, 2.45) is 0 Å². The average Bonchev–Trinajstić information content (AvgIpc) is 3.03. The number of carbonyl (C=O) groups is 3. The number of aromatic nitrogens is 9. The fourth-order valence-corrected chi connectivity index (χ4v) is 4.03. The van der Waals surface area contributed by atoms with Crippen LogP contribution in [-0.2, 0) is 19.1 Å². The quantitative estimate of drug-likeness (QED) is 0.110. The molecule has 0 aromatic carbocycles. The first-order valence-corrected chi connectivity index (χ1v) is 15.3. The van der Waals surface area contributed by atoms with Gasteiger partial charge in [0.1, 0.15) is 39.5 Å². The molecule has 0 spiro atoms. The number of carbonyl (C=O) groups excluding carboxylic acids is 3. The molecule has 0 saturated heterocycles. The maximum absolute atomic E-state index is 12.9. The smallest absolute Gasteiger partial charge is 0.310 e. The zero-order chi connectivity index (χ0) is 40.3. The van der Waals surface area contributed by atoms with Gasteiger partial charge >= 0.3 is 11.9 Å². The highest BCUT2D eigenvalue weighted by Crippen LogP contribution is 2.24. The lowest BCUT2D eigenvalue weighted by Gasteiger charge is -2.22. The molecule has 0 aliphatic carbocycles. The molecule has 6 aromatic rings. The van der Waals surface area contributed by atoms with Gasteiger partial charge < -0.3 is 26.3 Å². The Kier molecular flexibility index (Phi) is 16.9. The van der Waals surface area contributed by atoms with E-state index in [0.29, 0.717) is 22.6 Å². The lowest BCUT2D eigenvalue weighted by molar-refractivity contribution is -0.156. The van der Waals surface area contributed by atoms with Crippen molar-refractivity contribution >= 4 is 74.6 Å². The highest BCUT2D eigenvalue weighted by Gasteiger charge is 2.15. The lowest BCUT2D eigenvalue weighted by atomic mass is 10.1. The number of pyridine rings is 3. The third-order valence-electron chi connectivity index (χ3n) is 5.88. The number of hydrogen-bond donors (Lipinski definition) is 6. The van der Waals surface area contributed by atoms with Gasteiger partial charge in [-0.25, -0.2) is 38.7 Å². The number of methoxy groups -OCH3 is 1. The van der Waals surface area contributed by atoms with Crippen LogP contribution >= 0.6 is 0 Å². The Morgan fingerprint density at radius 2 is 1.23 bits per heavy atom. The first-order valence-electron chi connectivity index (χ1n) is 15.3. The molecule has 56 heavy (non-hydrogen) atoms. The topological polar surface area (TPSA) is 302 Å². The van der Waals surface area contributed by atoms with Crippen molar-refractivity contribution in [2.75, 3.05) is 29.2 Å². The van der Waals surface area contributed by atoms with Gasteiger partial charge in [0.25, 0.3) is 11.1 Å². The summed E-state index contributed by atoms with van der Waals surface area (Å²) in [5, 5.41) is 5.57. The fraction of sp³-hybridized carbons (Fsp3) is 0.294. The van der Waals surface area contributed by atoms with E-state index in [9.17, 15) is 32.8 Å². The molecule has 0 aliphatic heterocycles. The summed E-state index contributed by atoms with van der Waals surface area (Å²) in [6.45, 7) is 9.76. The number of nitrogens with two attached hydrogens (primary N) is 2. The molecule has 1 amide bonds. The molecule has 8 N–H and O–H groups in total. The Morgan fingerprint density at radius 1 is 0.732 bits per heavy atom. The third kappa shape index (κ3) is 14.3. The van der Waals surface area contributed by atoms with E-state index < -0.39 is 34.7 Å². The SMILES string of the molecule is C.C.CC(=O)Nc1nc2cc(F)cnc2c(=O)[nH]1.CC(=O)OC(C)=O.COc1cnc2c(NC(C)(C)C)nc(N)nc2c1.Nc1nc2cc(F)cnc2c(=O)[nH]1. The number of hydrogen-bond acceptors (Lipinski definition) is 17. The van der Waals surface area contributed by atoms with Crippen molar-refractivity contribution < 1.29 is 32.6 Å². The molecule has 20 nitrogen and oxygen atoms in total. The summed E-state index contributed by atoms with van der Waals surface area (Å²) < 4.78 is 34.6. The molecular weight excluding hydrogens is 740 g/mol. The maximum Gasteiger partial charge on any atom is 0.310 e. The lowest BCUT2D eigenvalue weighted by Crippen LogP contribution is -2.27. The number of nitrogen functional groups attached to an aromatic ring is 2. The number of nitrogens with one attached hydrogen (secondary N) is 4. The number of fused-ring (bicyclic) bond motifs is 3. The largest absolute Gasteiger partial charge is 0.495 e. The number of ether oxygens (including phenoxy) is 2. The number of rotatable bonds is 3. The Hall–Kier alpha value is -7.26. The molecule has 6 aromatic heterocycles. The molecular formula is C34H43F2N13O7. The molecule has 0 saturated carbocycles. The Bertz CT molecular complexity index is 2440. The summed E-state index contributed by atoms with van der Waals surface area (Å²) in [7, 11) is 1.59. The second-order valence-electron chi connectivity index (χ2n) is 11.7. The molecule has 6 heterocycles. The van der Waals surface area contributed by atoms with Gasteiger partial charge in [0.05, 0.1) is 25.7 Å². The number of H-pyrrole nitrogens is 2. The summed E-state index contributed by atoms with van der Waals surface area (Å²) in [6.07, 6.45) is 3.52. The van der Waals surface area contributed by atoms with E-state index in [1.807, 2.05) is 20.8 Å². The van der Waals surface area contributed by atoms with E-state index in [1.165, 1.54) is 20.8 Å². The molecule has 0 unspecified atom stereocenters. The number of nitrogens with zero attached hydrogens (tertiary/aromatic N) is 7. The second-order valence-corrected chi connectivity index (χ2v) is 11.7. The minimum atomic E-state index is -0.598. The van der Waals surface area contributed by atoms with E-state index >= 15 is 0 Å². The van der Waals surface area contributed by atoms with Crippen molar-refractivity contribution in [2.45, 2.75) is 61.9 Å². The number of anilines is 4. The fourth-order valence-electron chi connectivity index (χ4n) is 4.03. The average molecular weight is 784 g/mol. The zero-order valence-electron chi connectivity index (χ0n) is 29.9. The van der Waals surface area contributed by atoms with Crippen LogP contribution in [0.1, 0.15) is 56.4 Å². The van der Waals surface area contributed by atoms with Crippen LogP contribution in [-0.4, -0.2) is 75.4 Å². The van der Waals surface area contributed by atoms with E-state index in [2.05, 4.69) is 60.2 Å². The monoisotopic (exact) mass is 783 g/mol. The molecule has 0 bridgehead atoms. The highest BCUT2D eigenvalue weighted by atomic mass is 19.1. The van der Waals surface area contributed by atoms with Gasteiger partial charge in [-0.2, -0.15) is 4.98 Å². The number of aromatic amines is 2. The highest BCUT2D eigenvalue weighted by molar-refractivity contribution is 5.88. The summed E-state index contributed by atoms with van der Waals surface area (Å²) in [5.41, 5.74) is 11.5. The first kappa shape index (κ1) is 46.8. The van der Waals surface area contributed by atoms with Crippen molar-refractivity contribution in [3.05, 3.63) is 69.1 Å². The molecule has 0 radical (unpaired) electrons. The van der Waals surface area contributed by atoms with Gasteiger partial charge in [0.15, 0.2) is 16.9 Å². The van der Waals surface area contributed by atoms with Crippen molar-refractivity contribution in [3.8, 4) is 5.75 Å². The molecule has 0 fully saturated rings. The first-order chi connectivity index (χ1) is 25.2. The molecule has 22 heteroatoms. The van der Waals surface area contributed by atoms with E-state index in [-0.39, 0.29) is 66.2 Å². The summed E-state index contributed by atoms with van der Waals surface area (Å²) in [5.74, 6) is -1.25. The minimum absolute atomic E-state index is 0. The summed E-state index contributed by atoms with van der Waals surface area (Å²) >= 11 is 0. The minimum Gasteiger partial charge on any atom is -0.495 e. The van der Waals surface area contributed by atoms with Crippen LogP contribution in [0, 0.1) is 11.6 Å². The number of halogens is 2. The molecule has 6 rings (SSSR count). The molecule has 0 atom stereocenters. The van der Waals surface area contributed by atoms with Crippen LogP contribution in [0.5, 0.6) is 5.75 Å². The predicted octanol–water partition coefficient (Wildman–Crippen LogP) is 3.65. The second kappa shape index (κ2) is 20.3. The number of esters is 2. The van der Waals surface area contributed by atoms with Gasteiger partial charge in [0.2, 0.25) is 23.8 Å². The third-order valence-corrected chi connectivity index (χ3v) is 5.88. The van der Waals surface area contributed by atoms with Gasteiger partial charge in [-0.3, -0.25) is 39.3 Å². The van der Waals surface area contributed by atoms with E-state index in [0.717, 1.165) is 24.5 Å². The van der Waals surface area contributed by atoms with Gasteiger partial charge in [0, 0.05) is 44.5 Å². The van der Waals surface area contributed by atoms with Crippen LogP contribution in [0.25, 0.3) is 33.1 Å². The Morgan fingerprint density at radius 3 is 1.71 bits per heavy atom. The van der Waals surface area contributed by atoms with Crippen molar-refractivity contribution in [3.63, 3.8) is 0 Å². The van der Waals surface area contributed by atoms with Gasteiger partial charge in [-0.05, 0) is 20.8 Å². The predicted molar refractivity (Wildman–Crippen MR) is 207 cm³/mol. The molecule has 300 valence electrons. The van der Waals surface area contributed by atoms with Gasteiger partial charge in [-0.15, -0.1) is 0 Å². The van der Waals surface area contributed by atoms with Crippen molar-refractivity contribution in [1.82, 2.24) is 44.9 Å². The van der Waals surface area contributed by atoms with Crippen LogP contribution in [0.3, 0.4) is 0 Å². The summed E-state index contributed by atoms with van der Waals surface area (Å²) in [6, 6.07) is 3.96.